The number of amides is 2. The van der Waals surface area contributed by atoms with Crippen molar-refractivity contribution in [2.24, 2.45) is 5.41 Å². The van der Waals surface area contributed by atoms with Crippen LogP contribution in [0.2, 0.25) is 0 Å². The van der Waals surface area contributed by atoms with Gasteiger partial charge in [0.25, 0.3) is 0 Å². The minimum absolute atomic E-state index is 0.000113. The number of ketones is 1. The minimum Gasteiger partial charge on any atom is -0.467 e. The van der Waals surface area contributed by atoms with Crippen molar-refractivity contribution in [2.45, 2.75) is 45.3 Å². The number of aromatic nitrogens is 5. The highest BCUT2D eigenvalue weighted by atomic mass is 79.9. The third kappa shape index (κ3) is 4.61. The number of benzene rings is 1. The van der Waals surface area contributed by atoms with Crippen molar-refractivity contribution in [3.05, 3.63) is 59.3 Å². The number of hydrogen-bond donors (Lipinski definition) is 1. The Hall–Kier alpha value is -4.19. The van der Waals surface area contributed by atoms with E-state index in [0.29, 0.717) is 22.4 Å². The average Bonchev–Trinajstić information content (AvgIpc) is 3.30. The molecule has 3 atom stereocenters. The second-order valence-electron chi connectivity index (χ2n) is 10.5. The predicted molar refractivity (Wildman–Crippen MR) is 150 cm³/mol. The highest BCUT2D eigenvalue weighted by Gasteiger charge is 2.64. The lowest BCUT2D eigenvalue weighted by Crippen LogP contribution is -2.46. The van der Waals surface area contributed by atoms with Gasteiger partial charge in [-0.1, -0.05) is 13.0 Å². The lowest BCUT2D eigenvalue weighted by atomic mass is 10.0. The van der Waals surface area contributed by atoms with Crippen molar-refractivity contribution in [3.8, 4) is 17.1 Å². The number of rotatable bonds is 7. The van der Waals surface area contributed by atoms with Crippen LogP contribution in [-0.4, -0.2) is 66.2 Å². The van der Waals surface area contributed by atoms with Crippen LogP contribution in [-0.2, 0) is 16.1 Å². The topological polar surface area (TPSA) is 132 Å². The fourth-order valence-electron chi connectivity index (χ4n) is 5.66. The average molecular weight is 604 g/mol. The maximum Gasteiger partial charge on any atom is 0.316 e. The lowest BCUT2D eigenvalue weighted by molar-refractivity contribution is -0.138. The fourth-order valence-corrected chi connectivity index (χ4v) is 5.97. The largest absolute Gasteiger partial charge is 0.467 e. The summed E-state index contributed by atoms with van der Waals surface area (Å²) in [5, 5.41) is 3.53. The fraction of sp³-hybridized carbons (Fsp3) is 0.321. The molecular formula is C28H26BrN7O4. The number of ether oxygens (including phenoxy) is 1. The lowest BCUT2D eigenvalue weighted by Gasteiger charge is -2.27. The van der Waals surface area contributed by atoms with Crippen molar-refractivity contribution >= 4 is 50.2 Å². The molecule has 0 spiro atoms. The summed E-state index contributed by atoms with van der Waals surface area (Å²) in [6.07, 6.45) is 9.47. The molecule has 1 N–H and O–H groups in total. The molecule has 3 aromatic heterocycles. The molecule has 204 valence electrons. The molecule has 2 amide bonds. The number of carbonyl (C=O) groups excluding carboxylic acids is 3. The first-order valence-electron chi connectivity index (χ1n) is 12.8. The Balaban J connectivity index is 1.28. The van der Waals surface area contributed by atoms with Crippen molar-refractivity contribution in [2.75, 3.05) is 12.4 Å². The molecule has 2 fully saturated rings. The van der Waals surface area contributed by atoms with E-state index < -0.39 is 6.04 Å². The highest BCUT2D eigenvalue weighted by molar-refractivity contribution is 9.10. The zero-order chi connectivity index (χ0) is 28.2. The number of fused-ring (bicyclic) bond motifs is 2. The van der Waals surface area contributed by atoms with Crippen molar-refractivity contribution in [3.63, 3.8) is 0 Å². The van der Waals surface area contributed by atoms with Crippen LogP contribution in [0, 0.1) is 5.41 Å². The number of likely N-dealkylation sites (tertiary alicyclic amines) is 1. The molecule has 0 radical (unpaired) electrons. The summed E-state index contributed by atoms with van der Waals surface area (Å²) >= 11 is 3.26. The molecule has 40 heavy (non-hydrogen) atoms. The maximum atomic E-state index is 13.8. The summed E-state index contributed by atoms with van der Waals surface area (Å²) in [6, 6.07) is 5.34. The summed E-state index contributed by atoms with van der Waals surface area (Å²) in [5.74, 6) is -0.255. The molecule has 1 saturated carbocycles. The van der Waals surface area contributed by atoms with Gasteiger partial charge in [-0.2, -0.15) is 0 Å². The van der Waals surface area contributed by atoms with Gasteiger partial charge >= 0.3 is 6.01 Å². The van der Waals surface area contributed by atoms with E-state index in [9.17, 15) is 14.4 Å². The van der Waals surface area contributed by atoms with E-state index >= 15 is 0 Å². The molecule has 1 aromatic carbocycles. The molecule has 6 rings (SSSR count). The summed E-state index contributed by atoms with van der Waals surface area (Å²) in [6.45, 7) is 3.61. The van der Waals surface area contributed by atoms with Gasteiger partial charge in [0.2, 0.25) is 11.8 Å². The highest BCUT2D eigenvalue weighted by Crippen LogP contribution is 2.59. The number of halogens is 1. The monoisotopic (exact) mass is 603 g/mol. The zero-order valence-corrected chi connectivity index (χ0v) is 23.7. The van der Waals surface area contributed by atoms with Gasteiger partial charge in [0.05, 0.1) is 19.5 Å². The molecule has 4 heterocycles. The van der Waals surface area contributed by atoms with Crippen LogP contribution in [0.1, 0.15) is 37.0 Å². The molecular weight excluding hydrogens is 578 g/mol. The molecule has 1 aliphatic carbocycles. The van der Waals surface area contributed by atoms with Gasteiger partial charge in [0, 0.05) is 46.7 Å². The van der Waals surface area contributed by atoms with Crippen LogP contribution in [0.15, 0.2) is 53.8 Å². The van der Waals surface area contributed by atoms with Gasteiger partial charge < -0.3 is 19.5 Å². The van der Waals surface area contributed by atoms with Crippen LogP contribution < -0.4 is 10.1 Å². The van der Waals surface area contributed by atoms with E-state index in [1.165, 1.54) is 26.4 Å². The van der Waals surface area contributed by atoms with E-state index in [4.69, 9.17) is 4.74 Å². The number of nitrogens with one attached hydrogen (secondary N) is 1. The van der Waals surface area contributed by atoms with E-state index in [1.807, 2.05) is 18.2 Å². The van der Waals surface area contributed by atoms with Gasteiger partial charge in [0.1, 0.15) is 17.2 Å². The normalized spacial score (nSPS) is 21.2. The minimum atomic E-state index is -0.618. The molecule has 12 heteroatoms. The number of Topliss-reactive ketones (excluding diaryl/α,β-unsaturated/α-hetero) is 1. The van der Waals surface area contributed by atoms with Crippen molar-refractivity contribution < 1.29 is 19.1 Å². The third-order valence-corrected chi connectivity index (χ3v) is 8.17. The third-order valence-electron chi connectivity index (χ3n) is 7.79. The van der Waals surface area contributed by atoms with Gasteiger partial charge in [0.15, 0.2) is 11.6 Å². The Morgan fingerprint density at radius 3 is 2.60 bits per heavy atom. The Kier molecular flexibility index (Phi) is 6.37. The number of hydrogen-bond acceptors (Lipinski definition) is 8. The number of anilines is 1. The van der Waals surface area contributed by atoms with Gasteiger partial charge in [-0.25, -0.2) is 15.0 Å². The SMILES string of the molecule is COc1ncc(-c2ccc3c(c2)c(C(C)=O)cn3CC(=O)N2[C@H](C(=O)Nc3cncc(Br)n3)C[C@@]3(C)C[C@@H]23)cn1. The number of methoxy groups -OCH3 is 1. The smallest absolute Gasteiger partial charge is 0.316 e. The van der Waals surface area contributed by atoms with E-state index in [1.54, 1.807) is 28.1 Å². The molecule has 0 bridgehead atoms. The Bertz CT molecular complexity index is 1670. The summed E-state index contributed by atoms with van der Waals surface area (Å²) in [5.41, 5.74) is 2.79. The Morgan fingerprint density at radius 1 is 1.12 bits per heavy atom. The first-order chi connectivity index (χ1) is 19.2. The summed E-state index contributed by atoms with van der Waals surface area (Å²) in [4.78, 5) is 57.9. The van der Waals surface area contributed by atoms with Gasteiger partial charge in [-0.3, -0.25) is 19.4 Å². The van der Waals surface area contributed by atoms with E-state index in [2.05, 4.69) is 48.1 Å². The van der Waals surface area contributed by atoms with E-state index in [-0.39, 0.29) is 41.6 Å². The maximum absolute atomic E-state index is 13.8. The molecule has 11 nitrogen and oxygen atoms in total. The second kappa shape index (κ2) is 9.77. The van der Waals surface area contributed by atoms with E-state index in [0.717, 1.165) is 28.5 Å². The molecule has 1 aliphatic heterocycles. The molecule has 2 aliphatic rings. The van der Waals surface area contributed by atoms with Crippen LogP contribution in [0.5, 0.6) is 6.01 Å². The van der Waals surface area contributed by atoms with Crippen LogP contribution in [0.25, 0.3) is 22.0 Å². The molecule has 4 aromatic rings. The quantitative estimate of drug-likeness (QED) is 0.315. The predicted octanol–water partition coefficient (Wildman–Crippen LogP) is 3.88. The zero-order valence-electron chi connectivity index (χ0n) is 22.1. The van der Waals surface area contributed by atoms with Crippen molar-refractivity contribution in [1.82, 2.24) is 29.4 Å². The number of piperidine rings is 1. The molecule has 0 unspecified atom stereocenters. The van der Waals surface area contributed by atoms with Crippen LogP contribution >= 0.6 is 15.9 Å². The Labute approximate surface area is 238 Å². The summed E-state index contributed by atoms with van der Waals surface area (Å²) in [7, 11) is 1.50. The standard InChI is InChI=1S/C28H26BrN7O4/c1-15(37)19-13-35(20-5-4-16(6-18(19)20)17-9-31-27(40-3)32-10-17)14-25(38)36-21(7-28(2)8-22(28)36)26(39)34-24-12-30-11-23(29)33-24/h4-6,9-13,21-22H,7-8,14H2,1-3H3,(H,33,34,39)/t21-,22+,28-/m0/s1. The number of nitrogens with zero attached hydrogens (tertiary/aromatic N) is 6. The van der Waals surface area contributed by atoms with Gasteiger partial charge in [-0.15, -0.1) is 0 Å². The van der Waals surface area contributed by atoms with Gasteiger partial charge in [-0.05, 0) is 58.8 Å². The van der Waals surface area contributed by atoms with Crippen LogP contribution in [0.4, 0.5) is 5.82 Å². The molecule has 1 saturated heterocycles. The van der Waals surface area contributed by atoms with Crippen molar-refractivity contribution in [1.29, 1.82) is 0 Å². The Morgan fingerprint density at radius 2 is 1.90 bits per heavy atom. The first kappa shape index (κ1) is 26.1. The summed E-state index contributed by atoms with van der Waals surface area (Å²) < 4.78 is 7.33. The second-order valence-corrected chi connectivity index (χ2v) is 11.3. The van der Waals surface area contributed by atoms with Crippen LogP contribution in [0.3, 0.4) is 0 Å². The first-order valence-corrected chi connectivity index (χ1v) is 13.6. The number of carbonyl (C=O) groups is 3.